The summed E-state index contributed by atoms with van der Waals surface area (Å²) in [5, 5.41) is 3.00. The highest BCUT2D eigenvalue weighted by Crippen LogP contribution is 2.24. The van der Waals surface area contributed by atoms with Gasteiger partial charge in [0.25, 0.3) is 5.91 Å². The number of hydrogen-bond acceptors (Lipinski definition) is 6. The van der Waals surface area contributed by atoms with Gasteiger partial charge >= 0.3 is 0 Å². The number of benzene rings is 1. The molecular weight excluding hydrogens is 364 g/mol. The molecule has 1 unspecified atom stereocenters. The molecule has 0 saturated heterocycles. The first-order valence-electron chi connectivity index (χ1n) is 9.05. The van der Waals surface area contributed by atoms with Crippen LogP contribution in [0.3, 0.4) is 0 Å². The van der Waals surface area contributed by atoms with E-state index in [1.807, 2.05) is 6.92 Å². The topological polar surface area (TPSA) is 115 Å². The van der Waals surface area contributed by atoms with Crippen molar-refractivity contribution in [1.82, 2.24) is 15.3 Å². The lowest BCUT2D eigenvalue weighted by atomic mass is 9.94. The van der Waals surface area contributed by atoms with Crippen LogP contribution in [0.1, 0.15) is 59.5 Å². The van der Waals surface area contributed by atoms with E-state index in [1.54, 1.807) is 24.3 Å². The van der Waals surface area contributed by atoms with Crippen LogP contribution in [-0.4, -0.2) is 30.5 Å². The molecule has 1 atom stereocenters. The first-order chi connectivity index (χ1) is 12.8. The minimum absolute atomic E-state index is 0.117. The number of hydrogen-bond donors (Lipinski definition) is 2. The van der Waals surface area contributed by atoms with E-state index >= 15 is 0 Å². The highest BCUT2D eigenvalue weighted by atomic mass is 32.2. The van der Waals surface area contributed by atoms with E-state index in [4.69, 9.17) is 5.73 Å². The van der Waals surface area contributed by atoms with Gasteiger partial charge in [0.1, 0.15) is 5.69 Å². The van der Waals surface area contributed by atoms with E-state index in [2.05, 4.69) is 15.3 Å². The van der Waals surface area contributed by atoms with Crippen LogP contribution in [0.4, 0.5) is 5.95 Å². The van der Waals surface area contributed by atoms with Crippen LogP contribution in [0.5, 0.6) is 0 Å². The summed E-state index contributed by atoms with van der Waals surface area (Å²) in [6.07, 6.45) is 5.46. The maximum Gasteiger partial charge on any atom is 0.270 e. The van der Waals surface area contributed by atoms with Gasteiger partial charge in [0.05, 0.1) is 10.9 Å². The molecule has 0 saturated carbocycles. The van der Waals surface area contributed by atoms with Gasteiger partial charge in [0, 0.05) is 17.5 Å². The first-order valence-corrected chi connectivity index (χ1v) is 10.9. The molecule has 0 fully saturated rings. The third-order valence-corrected chi connectivity index (χ3v) is 5.97. The van der Waals surface area contributed by atoms with Crippen molar-refractivity contribution < 1.29 is 13.2 Å². The average Bonchev–Trinajstić information content (AvgIpc) is 2.64. The van der Waals surface area contributed by atoms with E-state index in [0.29, 0.717) is 12.1 Å². The summed E-state index contributed by atoms with van der Waals surface area (Å²) in [6, 6.07) is 6.33. The number of nitrogens with zero attached hydrogens (tertiary/aromatic N) is 2. The predicted octanol–water partition coefficient (Wildman–Crippen LogP) is 2.22. The number of sulfone groups is 1. The molecule has 1 aromatic heterocycles. The first kappa shape index (κ1) is 19.3. The zero-order valence-corrected chi connectivity index (χ0v) is 16.3. The second kappa shape index (κ2) is 7.64. The molecule has 2 aromatic rings. The van der Waals surface area contributed by atoms with Crippen molar-refractivity contribution in [1.29, 1.82) is 0 Å². The van der Waals surface area contributed by atoms with E-state index in [0.717, 1.165) is 42.5 Å². The van der Waals surface area contributed by atoms with Gasteiger partial charge in [0.2, 0.25) is 5.95 Å². The molecule has 144 valence electrons. The van der Waals surface area contributed by atoms with Crippen molar-refractivity contribution in [2.75, 3.05) is 12.0 Å². The van der Waals surface area contributed by atoms with Crippen molar-refractivity contribution in [3.63, 3.8) is 0 Å². The molecule has 27 heavy (non-hydrogen) atoms. The Bertz CT molecular complexity index is 956. The summed E-state index contributed by atoms with van der Waals surface area (Å²) in [4.78, 5) is 21.6. The number of carbonyl (C=O) groups is 1. The quantitative estimate of drug-likeness (QED) is 0.811. The number of rotatable bonds is 5. The number of nitrogen functional groups attached to an aromatic ring is 1. The van der Waals surface area contributed by atoms with Gasteiger partial charge in [-0.25, -0.2) is 18.4 Å². The van der Waals surface area contributed by atoms with Crippen LogP contribution in [0.2, 0.25) is 0 Å². The number of nitrogens with one attached hydrogen (secondary N) is 1. The summed E-state index contributed by atoms with van der Waals surface area (Å²) in [5.41, 5.74) is 8.74. The molecule has 7 nitrogen and oxygen atoms in total. The summed E-state index contributed by atoms with van der Waals surface area (Å²) in [7, 11) is -3.25. The lowest BCUT2D eigenvalue weighted by Crippen LogP contribution is -2.31. The molecule has 0 spiro atoms. The Morgan fingerprint density at radius 3 is 2.48 bits per heavy atom. The summed E-state index contributed by atoms with van der Waals surface area (Å²) in [5.74, 6) is -0.160. The van der Waals surface area contributed by atoms with Gasteiger partial charge < -0.3 is 11.1 Å². The maximum absolute atomic E-state index is 12.9. The van der Waals surface area contributed by atoms with Gasteiger partial charge in [-0.1, -0.05) is 19.1 Å². The summed E-state index contributed by atoms with van der Waals surface area (Å²) < 4.78 is 23.2. The molecule has 0 radical (unpaired) electrons. The van der Waals surface area contributed by atoms with Crippen molar-refractivity contribution in [3.05, 3.63) is 46.8 Å². The molecule has 0 aliphatic heterocycles. The number of aromatic nitrogens is 2. The Morgan fingerprint density at radius 2 is 1.85 bits per heavy atom. The largest absolute Gasteiger partial charge is 0.368 e. The van der Waals surface area contributed by atoms with Crippen LogP contribution in [0.25, 0.3) is 0 Å². The van der Waals surface area contributed by atoms with Crippen LogP contribution in [0, 0.1) is 0 Å². The van der Waals surface area contributed by atoms with Gasteiger partial charge in [-0.15, -0.1) is 0 Å². The molecule has 1 aliphatic rings. The fourth-order valence-electron chi connectivity index (χ4n) is 3.40. The van der Waals surface area contributed by atoms with Crippen molar-refractivity contribution in [2.24, 2.45) is 0 Å². The molecule has 3 rings (SSSR count). The predicted molar refractivity (Wildman–Crippen MR) is 103 cm³/mol. The highest BCUT2D eigenvalue weighted by molar-refractivity contribution is 7.90. The van der Waals surface area contributed by atoms with E-state index < -0.39 is 9.84 Å². The number of anilines is 1. The van der Waals surface area contributed by atoms with E-state index in [9.17, 15) is 13.2 Å². The minimum Gasteiger partial charge on any atom is -0.368 e. The molecule has 8 heteroatoms. The fourth-order valence-corrected chi connectivity index (χ4v) is 4.03. The van der Waals surface area contributed by atoms with E-state index in [-0.39, 0.29) is 22.8 Å². The summed E-state index contributed by atoms with van der Waals surface area (Å²) >= 11 is 0. The zero-order valence-electron chi connectivity index (χ0n) is 15.5. The molecule has 0 bridgehead atoms. The Balaban J connectivity index is 1.85. The third kappa shape index (κ3) is 4.27. The Morgan fingerprint density at radius 1 is 1.19 bits per heavy atom. The molecule has 1 aliphatic carbocycles. The number of fused-ring (bicyclic) bond motifs is 1. The normalized spacial score (nSPS) is 15.0. The van der Waals surface area contributed by atoms with E-state index in [1.165, 1.54) is 6.26 Å². The monoisotopic (exact) mass is 388 g/mol. The Kier molecular flexibility index (Phi) is 5.46. The van der Waals surface area contributed by atoms with Gasteiger partial charge in [-0.2, -0.15) is 0 Å². The van der Waals surface area contributed by atoms with Crippen LogP contribution >= 0.6 is 0 Å². The zero-order chi connectivity index (χ0) is 19.6. The Labute approximate surface area is 159 Å². The van der Waals surface area contributed by atoms with Crippen molar-refractivity contribution >= 4 is 21.7 Å². The lowest BCUT2D eigenvalue weighted by Gasteiger charge is -2.21. The lowest BCUT2D eigenvalue weighted by molar-refractivity contribution is 0.0929. The number of aryl methyl sites for hydroxylation is 1. The number of amides is 1. The van der Waals surface area contributed by atoms with Gasteiger partial charge in [-0.05, 0) is 49.8 Å². The van der Waals surface area contributed by atoms with Gasteiger partial charge in [0.15, 0.2) is 9.84 Å². The second-order valence-electron chi connectivity index (χ2n) is 6.84. The number of carbonyl (C=O) groups excluding carboxylic acids is 1. The minimum atomic E-state index is -3.25. The number of nitrogens with two attached hydrogens (primary N) is 1. The molecule has 1 aromatic carbocycles. The molecule has 1 amide bonds. The molecule has 3 N–H and O–H groups in total. The summed E-state index contributed by atoms with van der Waals surface area (Å²) in [6.45, 7) is 1.96. The highest BCUT2D eigenvalue weighted by Gasteiger charge is 2.23. The molecule has 1 heterocycles. The van der Waals surface area contributed by atoms with Crippen molar-refractivity contribution in [3.8, 4) is 0 Å². The van der Waals surface area contributed by atoms with Crippen LogP contribution in [-0.2, 0) is 22.7 Å². The smallest absolute Gasteiger partial charge is 0.270 e. The third-order valence-electron chi connectivity index (χ3n) is 4.84. The fraction of sp³-hybridized carbons (Fsp3) is 0.421. The SMILES string of the molecule is CCC(NC(=O)c1nc(N)nc2c1CCCC2)c1ccc(S(C)(=O)=O)cc1. The second-order valence-corrected chi connectivity index (χ2v) is 8.85. The molecular formula is C19H24N4O3S. The van der Waals surface area contributed by atoms with Crippen LogP contribution < -0.4 is 11.1 Å². The van der Waals surface area contributed by atoms with Crippen molar-refractivity contribution in [2.45, 2.75) is 50.0 Å². The Hall–Kier alpha value is -2.48. The van der Waals surface area contributed by atoms with Gasteiger partial charge in [-0.3, -0.25) is 4.79 Å². The maximum atomic E-state index is 12.9. The average molecular weight is 388 g/mol. The van der Waals surface area contributed by atoms with Crippen LogP contribution in [0.15, 0.2) is 29.2 Å². The standard InChI is InChI=1S/C19H24N4O3S/c1-3-15(12-8-10-13(11-9-12)27(2,25)26)21-18(24)17-14-6-4-5-7-16(14)22-19(20)23-17/h8-11,15H,3-7H2,1-2H3,(H,21,24)(H2,20,22,23).